The number of rotatable bonds is 8. The van der Waals surface area contributed by atoms with Gasteiger partial charge >= 0.3 is 0 Å². The van der Waals surface area contributed by atoms with E-state index in [9.17, 15) is 4.79 Å². The maximum atomic E-state index is 11.7. The lowest BCUT2D eigenvalue weighted by atomic mass is 9.95. The molecule has 4 nitrogen and oxygen atoms in total. The molecule has 1 atom stereocenters. The van der Waals surface area contributed by atoms with Gasteiger partial charge in [-0.2, -0.15) is 0 Å². The Morgan fingerprint density at radius 2 is 2.19 bits per heavy atom. The van der Waals surface area contributed by atoms with Gasteiger partial charge in [-0.05, 0) is 69.9 Å². The first-order valence-corrected chi connectivity index (χ1v) is 8.53. The van der Waals surface area contributed by atoms with Crippen molar-refractivity contribution in [2.24, 2.45) is 5.73 Å². The first-order valence-electron chi connectivity index (χ1n) is 7.55. The van der Waals surface area contributed by atoms with Gasteiger partial charge in [-0.25, -0.2) is 4.98 Å². The van der Waals surface area contributed by atoms with E-state index in [1.54, 1.807) is 11.8 Å². The number of aryl methyl sites for hydroxylation is 2. The highest BCUT2D eigenvalue weighted by atomic mass is 32.2. The van der Waals surface area contributed by atoms with Crippen LogP contribution in [0.3, 0.4) is 0 Å². The van der Waals surface area contributed by atoms with Crippen molar-refractivity contribution in [1.82, 2.24) is 10.3 Å². The minimum absolute atomic E-state index is 0.246. The van der Waals surface area contributed by atoms with Gasteiger partial charge in [0.1, 0.15) is 0 Å². The number of carbonyl (C=O) groups excluding carboxylic acids is 1. The fourth-order valence-electron chi connectivity index (χ4n) is 2.43. The Hall–Kier alpha value is -1.07. The summed E-state index contributed by atoms with van der Waals surface area (Å²) in [4.78, 5) is 16.2. The van der Waals surface area contributed by atoms with E-state index in [0.717, 1.165) is 42.2 Å². The number of aromatic nitrogens is 1. The number of nitrogens with zero attached hydrogens (tertiary/aromatic N) is 1. The van der Waals surface area contributed by atoms with E-state index in [1.807, 2.05) is 13.8 Å². The van der Waals surface area contributed by atoms with Crippen molar-refractivity contribution in [3.05, 3.63) is 23.4 Å². The Balaban J connectivity index is 1.80. The molecule has 1 saturated carbocycles. The van der Waals surface area contributed by atoms with Crippen LogP contribution in [0.1, 0.15) is 43.9 Å². The number of pyridine rings is 1. The average Bonchev–Trinajstić information content (AvgIpc) is 3.17. The summed E-state index contributed by atoms with van der Waals surface area (Å²) in [6.45, 7) is 6.02. The number of nitrogens with two attached hydrogens (primary N) is 1. The Kier molecular flexibility index (Phi) is 5.27. The van der Waals surface area contributed by atoms with Crippen LogP contribution in [-0.4, -0.2) is 28.2 Å². The highest BCUT2D eigenvalue weighted by molar-refractivity contribution is 7.99. The lowest BCUT2D eigenvalue weighted by Crippen LogP contribution is -2.54. The fourth-order valence-corrected chi connectivity index (χ4v) is 3.40. The van der Waals surface area contributed by atoms with Gasteiger partial charge in [0.25, 0.3) is 0 Å². The first kappa shape index (κ1) is 16.3. The molecular weight excluding hydrogens is 282 g/mol. The molecule has 1 aromatic rings. The molecule has 2 rings (SSSR count). The van der Waals surface area contributed by atoms with E-state index in [2.05, 4.69) is 29.4 Å². The molecule has 0 spiro atoms. The third-order valence-corrected chi connectivity index (χ3v) is 4.79. The monoisotopic (exact) mass is 307 g/mol. The lowest BCUT2D eigenvalue weighted by molar-refractivity contribution is -0.124. The maximum Gasteiger partial charge on any atom is 0.237 e. The molecule has 5 heteroatoms. The Morgan fingerprint density at radius 1 is 1.48 bits per heavy atom. The number of hydrogen-bond acceptors (Lipinski definition) is 4. The Bertz CT molecular complexity index is 496. The zero-order valence-electron chi connectivity index (χ0n) is 13.1. The molecule has 0 aliphatic heterocycles. The average molecular weight is 307 g/mol. The summed E-state index contributed by atoms with van der Waals surface area (Å²) in [7, 11) is 0. The summed E-state index contributed by atoms with van der Waals surface area (Å²) in [6, 6.07) is 4.66. The van der Waals surface area contributed by atoms with Crippen molar-refractivity contribution >= 4 is 17.7 Å². The Morgan fingerprint density at radius 3 is 2.76 bits per heavy atom. The van der Waals surface area contributed by atoms with Crippen LogP contribution in [-0.2, 0) is 4.79 Å². The van der Waals surface area contributed by atoms with E-state index >= 15 is 0 Å². The van der Waals surface area contributed by atoms with Crippen molar-refractivity contribution in [3.63, 3.8) is 0 Å². The molecule has 0 aromatic carbocycles. The highest BCUT2D eigenvalue weighted by Gasteiger charge is 2.36. The van der Waals surface area contributed by atoms with Crippen molar-refractivity contribution < 1.29 is 4.79 Å². The summed E-state index contributed by atoms with van der Waals surface area (Å²) in [6.07, 6.45) is 4.03. The van der Waals surface area contributed by atoms with Crippen LogP contribution in [0.15, 0.2) is 17.2 Å². The second-order valence-corrected chi connectivity index (χ2v) is 7.31. The van der Waals surface area contributed by atoms with Gasteiger partial charge in [0.2, 0.25) is 5.91 Å². The smallest absolute Gasteiger partial charge is 0.237 e. The van der Waals surface area contributed by atoms with Crippen LogP contribution < -0.4 is 11.1 Å². The normalized spacial score (nSPS) is 17.5. The lowest BCUT2D eigenvalue weighted by Gasteiger charge is -2.27. The summed E-state index contributed by atoms with van der Waals surface area (Å²) >= 11 is 1.74. The number of amides is 1. The molecule has 0 saturated heterocycles. The molecule has 1 aromatic heterocycles. The van der Waals surface area contributed by atoms with E-state index in [-0.39, 0.29) is 5.91 Å². The summed E-state index contributed by atoms with van der Waals surface area (Å²) in [5.41, 5.74) is 7.28. The van der Waals surface area contributed by atoms with Gasteiger partial charge in [0.05, 0.1) is 10.6 Å². The van der Waals surface area contributed by atoms with Crippen LogP contribution in [0.25, 0.3) is 0 Å². The number of hydrogen-bond donors (Lipinski definition) is 2. The largest absolute Gasteiger partial charge is 0.368 e. The topological polar surface area (TPSA) is 68.0 Å². The number of primary amides is 1. The second-order valence-electron chi connectivity index (χ2n) is 6.19. The molecule has 1 aliphatic carbocycles. The summed E-state index contributed by atoms with van der Waals surface area (Å²) in [5.74, 6) is 0.703. The van der Waals surface area contributed by atoms with Crippen molar-refractivity contribution in [3.8, 4) is 0 Å². The maximum absolute atomic E-state index is 11.7. The zero-order valence-corrected chi connectivity index (χ0v) is 13.9. The van der Waals surface area contributed by atoms with Crippen molar-refractivity contribution in [2.75, 3.05) is 5.75 Å². The van der Waals surface area contributed by atoms with Crippen LogP contribution in [0.5, 0.6) is 0 Å². The first-order chi connectivity index (χ1) is 9.89. The third-order valence-electron chi connectivity index (χ3n) is 3.79. The van der Waals surface area contributed by atoms with Gasteiger partial charge in [-0.15, -0.1) is 11.8 Å². The molecule has 3 N–H and O–H groups in total. The van der Waals surface area contributed by atoms with Gasteiger partial charge in [0, 0.05) is 11.7 Å². The molecule has 1 unspecified atom stereocenters. The van der Waals surface area contributed by atoms with E-state index in [4.69, 9.17) is 5.73 Å². The number of carbonyl (C=O) groups is 1. The SMILES string of the molecule is Cc1cc(C)nc(SCCCC(C)(NC2CC2)C(N)=O)c1. The second kappa shape index (κ2) is 6.79. The predicted octanol–water partition coefficient (Wildman–Crippen LogP) is 2.57. The van der Waals surface area contributed by atoms with Gasteiger partial charge in [0.15, 0.2) is 0 Å². The molecule has 116 valence electrons. The predicted molar refractivity (Wildman–Crippen MR) is 87.4 cm³/mol. The molecule has 0 bridgehead atoms. The number of nitrogens with one attached hydrogen (secondary N) is 1. The highest BCUT2D eigenvalue weighted by Crippen LogP contribution is 2.26. The van der Waals surface area contributed by atoms with Gasteiger partial charge < -0.3 is 11.1 Å². The fraction of sp³-hybridized carbons (Fsp3) is 0.625. The van der Waals surface area contributed by atoms with Gasteiger partial charge in [-0.3, -0.25) is 4.79 Å². The molecule has 1 fully saturated rings. The third kappa shape index (κ3) is 5.00. The standard InChI is InChI=1S/C16H25N3OS/c1-11-9-12(2)18-14(10-11)21-8-4-7-16(3,15(17)20)19-13-5-6-13/h9-10,13,19H,4-8H2,1-3H3,(H2,17,20). The number of thioether (sulfide) groups is 1. The van der Waals surface area contributed by atoms with E-state index in [0.29, 0.717) is 6.04 Å². The molecule has 21 heavy (non-hydrogen) atoms. The summed E-state index contributed by atoms with van der Waals surface area (Å²) < 4.78 is 0. The van der Waals surface area contributed by atoms with Crippen molar-refractivity contribution in [1.29, 1.82) is 0 Å². The van der Waals surface area contributed by atoms with Crippen LogP contribution in [0.2, 0.25) is 0 Å². The van der Waals surface area contributed by atoms with Crippen molar-refractivity contribution in [2.45, 2.75) is 63.1 Å². The minimum Gasteiger partial charge on any atom is -0.368 e. The van der Waals surface area contributed by atoms with Crippen LogP contribution in [0.4, 0.5) is 0 Å². The molecule has 1 amide bonds. The minimum atomic E-state index is -0.572. The Labute approximate surface area is 131 Å². The molecule has 1 heterocycles. The summed E-state index contributed by atoms with van der Waals surface area (Å²) in [5, 5.41) is 4.44. The zero-order chi connectivity index (χ0) is 15.5. The van der Waals surface area contributed by atoms with E-state index < -0.39 is 5.54 Å². The molecule has 0 radical (unpaired) electrons. The van der Waals surface area contributed by atoms with E-state index in [1.165, 1.54) is 5.56 Å². The van der Waals surface area contributed by atoms with Crippen LogP contribution >= 0.6 is 11.8 Å². The van der Waals surface area contributed by atoms with Crippen LogP contribution in [0, 0.1) is 13.8 Å². The van der Waals surface area contributed by atoms with Gasteiger partial charge in [-0.1, -0.05) is 0 Å². The molecule has 1 aliphatic rings. The quantitative estimate of drug-likeness (QED) is 0.572. The molecular formula is C16H25N3OS.